The van der Waals surface area contributed by atoms with Crippen molar-refractivity contribution in [2.24, 2.45) is 10.7 Å². The number of nitrogens with two attached hydrogens (primary N) is 1. The van der Waals surface area contributed by atoms with E-state index in [1.54, 1.807) is 6.34 Å². The summed E-state index contributed by atoms with van der Waals surface area (Å²) in [5, 5.41) is 13.4. The minimum atomic E-state index is -0.151. The summed E-state index contributed by atoms with van der Waals surface area (Å²) in [6.45, 7) is 3.02. The van der Waals surface area contributed by atoms with Crippen LogP contribution in [0.25, 0.3) is 11.4 Å². The van der Waals surface area contributed by atoms with Crippen molar-refractivity contribution >= 4 is 34.6 Å². The van der Waals surface area contributed by atoms with E-state index < -0.39 is 0 Å². The zero-order valence-electron chi connectivity index (χ0n) is 11.6. The predicted molar refractivity (Wildman–Crippen MR) is 87.3 cm³/mol. The molecular weight excluding hydrogens is 286 g/mol. The molecule has 2 aromatic rings. The van der Waals surface area contributed by atoms with Crippen molar-refractivity contribution in [3.05, 3.63) is 24.3 Å². The molecule has 2 rings (SSSR count). The highest BCUT2D eigenvalue weighted by atomic mass is 32.1. The van der Waals surface area contributed by atoms with Gasteiger partial charge in [0.15, 0.2) is 11.8 Å². The van der Waals surface area contributed by atoms with E-state index in [0.29, 0.717) is 11.0 Å². The summed E-state index contributed by atoms with van der Waals surface area (Å²) in [4.78, 5) is 8.55. The van der Waals surface area contributed by atoms with Crippen molar-refractivity contribution in [3.8, 4) is 11.4 Å². The van der Waals surface area contributed by atoms with Gasteiger partial charge in [-0.05, 0) is 30.7 Å². The largest absolute Gasteiger partial charge is 0.376 e. The fourth-order valence-electron chi connectivity index (χ4n) is 1.53. The van der Waals surface area contributed by atoms with Crippen LogP contribution in [0.15, 0.2) is 29.3 Å². The maximum atomic E-state index is 7.15. The smallest absolute Gasteiger partial charge is 0.209 e. The van der Waals surface area contributed by atoms with Crippen LogP contribution in [-0.2, 0) is 0 Å². The third kappa shape index (κ3) is 4.53. The Labute approximate surface area is 127 Å². The number of rotatable bonds is 6. The number of benzene rings is 1. The molecule has 1 aromatic heterocycles. The first-order valence-corrected chi connectivity index (χ1v) is 7.27. The van der Waals surface area contributed by atoms with Crippen LogP contribution in [0.5, 0.6) is 0 Å². The van der Waals surface area contributed by atoms with Crippen LogP contribution in [0.2, 0.25) is 0 Å². The van der Waals surface area contributed by atoms with E-state index in [-0.39, 0.29) is 5.96 Å². The molecule has 0 atom stereocenters. The molecule has 1 aromatic carbocycles. The Morgan fingerprint density at radius 2 is 2.19 bits per heavy atom. The molecule has 0 fully saturated rings. The van der Waals surface area contributed by atoms with Crippen LogP contribution in [0.3, 0.4) is 0 Å². The van der Waals surface area contributed by atoms with E-state index >= 15 is 0 Å². The van der Waals surface area contributed by atoms with Crippen molar-refractivity contribution in [2.75, 3.05) is 11.9 Å². The average Bonchev–Trinajstić information content (AvgIpc) is 2.92. The van der Waals surface area contributed by atoms with Gasteiger partial charge in [-0.15, -0.1) is 0 Å². The average molecular weight is 303 g/mol. The molecule has 0 saturated heterocycles. The molecule has 0 bridgehead atoms. The van der Waals surface area contributed by atoms with Gasteiger partial charge >= 0.3 is 0 Å². The second-order valence-corrected chi connectivity index (χ2v) is 4.97. The van der Waals surface area contributed by atoms with Crippen molar-refractivity contribution in [1.82, 2.24) is 14.7 Å². The van der Waals surface area contributed by atoms with Crippen LogP contribution in [0.1, 0.15) is 13.3 Å². The van der Waals surface area contributed by atoms with E-state index in [2.05, 4.69) is 31.9 Å². The lowest BCUT2D eigenvalue weighted by Crippen LogP contribution is -2.20. The lowest BCUT2D eigenvalue weighted by Gasteiger charge is -1.98. The van der Waals surface area contributed by atoms with Crippen LogP contribution in [-0.4, -0.2) is 28.2 Å². The predicted octanol–water partition coefficient (Wildman–Crippen LogP) is 2.17. The minimum absolute atomic E-state index is 0.151. The van der Waals surface area contributed by atoms with E-state index in [1.807, 2.05) is 24.3 Å². The van der Waals surface area contributed by atoms with E-state index in [9.17, 15) is 0 Å². The van der Waals surface area contributed by atoms with Gasteiger partial charge < -0.3 is 16.4 Å². The van der Waals surface area contributed by atoms with Crippen molar-refractivity contribution in [2.45, 2.75) is 13.3 Å². The number of hydrogen-bond donors (Lipinski definition) is 4. The minimum Gasteiger partial charge on any atom is -0.376 e. The molecule has 0 radical (unpaired) electrons. The Balaban J connectivity index is 2.03. The Hall–Kier alpha value is -2.48. The summed E-state index contributed by atoms with van der Waals surface area (Å²) in [5.74, 6) is 0.449. The van der Waals surface area contributed by atoms with Crippen molar-refractivity contribution < 1.29 is 0 Å². The zero-order valence-corrected chi connectivity index (χ0v) is 12.4. The number of aliphatic imine (C=N–C) groups is 1. The molecule has 21 heavy (non-hydrogen) atoms. The maximum Gasteiger partial charge on any atom is 0.209 e. The highest BCUT2D eigenvalue weighted by Gasteiger charge is 2.06. The standard InChI is InChI=1S/C13H17N7S/c1-2-7-16-8-17-10-5-3-9(4-6-10)11-18-13(21-20-11)19-12(14)15/h3-6,8H,2,7H2,1H3,(H,16,17)(H4,14,15,18,19,20). The van der Waals surface area contributed by atoms with Gasteiger partial charge in [0.1, 0.15) is 0 Å². The highest BCUT2D eigenvalue weighted by Crippen LogP contribution is 2.23. The summed E-state index contributed by atoms with van der Waals surface area (Å²) in [5.41, 5.74) is 7.00. The molecule has 0 aliphatic heterocycles. The Kier molecular flexibility index (Phi) is 5.22. The van der Waals surface area contributed by atoms with E-state index in [4.69, 9.17) is 11.1 Å². The molecule has 0 aliphatic rings. The quantitative estimate of drug-likeness (QED) is 0.371. The molecule has 0 spiro atoms. The Bertz CT molecular complexity index is 618. The Morgan fingerprint density at radius 1 is 1.43 bits per heavy atom. The molecule has 5 N–H and O–H groups in total. The molecular formula is C13H17N7S. The van der Waals surface area contributed by atoms with Gasteiger partial charge in [-0.1, -0.05) is 6.92 Å². The normalized spacial score (nSPS) is 10.7. The second-order valence-electron chi connectivity index (χ2n) is 4.22. The molecule has 0 saturated carbocycles. The summed E-state index contributed by atoms with van der Waals surface area (Å²) in [7, 11) is 0. The molecule has 8 heteroatoms. The lowest BCUT2D eigenvalue weighted by atomic mass is 10.2. The van der Waals surface area contributed by atoms with Gasteiger partial charge in [0, 0.05) is 23.6 Å². The van der Waals surface area contributed by atoms with Crippen LogP contribution in [0, 0.1) is 5.41 Å². The van der Waals surface area contributed by atoms with Gasteiger partial charge in [-0.2, -0.15) is 9.36 Å². The van der Waals surface area contributed by atoms with Gasteiger partial charge in [0.25, 0.3) is 0 Å². The van der Waals surface area contributed by atoms with Crippen LogP contribution < -0.4 is 16.4 Å². The van der Waals surface area contributed by atoms with E-state index in [0.717, 1.165) is 35.7 Å². The summed E-state index contributed by atoms with van der Waals surface area (Å²) >= 11 is 1.16. The topological polar surface area (TPSA) is 112 Å². The number of aromatic nitrogens is 2. The molecule has 1 heterocycles. The second kappa shape index (κ2) is 7.34. The summed E-state index contributed by atoms with van der Waals surface area (Å²) in [6, 6.07) is 7.62. The van der Waals surface area contributed by atoms with Gasteiger partial charge in [0.2, 0.25) is 5.13 Å². The maximum absolute atomic E-state index is 7.15. The third-order valence-electron chi connectivity index (χ3n) is 2.49. The molecule has 0 unspecified atom stereocenters. The number of anilines is 1. The Morgan fingerprint density at radius 3 is 2.86 bits per heavy atom. The van der Waals surface area contributed by atoms with Gasteiger partial charge in [0.05, 0.1) is 12.0 Å². The highest BCUT2D eigenvalue weighted by molar-refractivity contribution is 7.10. The third-order valence-corrected chi connectivity index (χ3v) is 3.12. The SMILES string of the molecule is CCCNC=Nc1ccc(-c2nsc(NC(=N)N)n2)cc1. The van der Waals surface area contributed by atoms with Crippen LogP contribution in [0.4, 0.5) is 10.8 Å². The fourth-order valence-corrected chi connectivity index (χ4v) is 2.13. The summed E-state index contributed by atoms with van der Waals surface area (Å²) in [6.07, 6.45) is 2.77. The fraction of sp³-hybridized carbons (Fsp3) is 0.231. The zero-order chi connectivity index (χ0) is 15.1. The molecule has 110 valence electrons. The molecule has 0 aliphatic carbocycles. The monoisotopic (exact) mass is 303 g/mol. The first kappa shape index (κ1) is 14.9. The van der Waals surface area contributed by atoms with Gasteiger partial charge in [-0.25, -0.2) is 4.99 Å². The summed E-state index contributed by atoms with van der Waals surface area (Å²) < 4.78 is 4.22. The number of nitrogens with zero attached hydrogens (tertiary/aromatic N) is 3. The molecule has 0 amide bonds. The first-order valence-electron chi connectivity index (χ1n) is 6.50. The van der Waals surface area contributed by atoms with Crippen molar-refractivity contribution in [3.63, 3.8) is 0 Å². The number of hydrogen-bond acceptors (Lipinski definition) is 5. The van der Waals surface area contributed by atoms with Gasteiger partial charge in [-0.3, -0.25) is 5.41 Å². The van der Waals surface area contributed by atoms with E-state index in [1.165, 1.54) is 0 Å². The number of nitrogens with one attached hydrogen (secondary N) is 3. The lowest BCUT2D eigenvalue weighted by molar-refractivity contribution is 0.851. The number of guanidine groups is 1. The molecule has 7 nitrogen and oxygen atoms in total. The van der Waals surface area contributed by atoms with Crippen molar-refractivity contribution in [1.29, 1.82) is 5.41 Å². The first-order chi connectivity index (χ1) is 10.2. The van der Waals surface area contributed by atoms with Crippen LogP contribution >= 0.6 is 11.5 Å².